The second-order valence-electron chi connectivity index (χ2n) is 8.30. The average Bonchev–Trinajstić information content (AvgIpc) is 2.92. The molecule has 0 saturated carbocycles. The van der Waals surface area contributed by atoms with Crippen LogP contribution in [0.3, 0.4) is 0 Å². The number of urea groups is 1. The zero-order chi connectivity index (χ0) is 27.9. The van der Waals surface area contributed by atoms with Crippen molar-refractivity contribution in [1.82, 2.24) is 9.55 Å². The number of ether oxygens (including phenoxy) is 1. The maximum Gasteiger partial charge on any atom is 0.358 e. The second kappa shape index (κ2) is 12.0. The Hall–Kier alpha value is -5.09. The molecule has 39 heavy (non-hydrogen) atoms. The Morgan fingerprint density at radius 1 is 0.949 bits per heavy atom. The summed E-state index contributed by atoms with van der Waals surface area (Å²) in [5.41, 5.74) is 0.300. The lowest BCUT2D eigenvalue weighted by Gasteiger charge is -2.24. The zero-order valence-corrected chi connectivity index (χ0v) is 21.3. The van der Waals surface area contributed by atoms with Crippen molar-refractivity contribution in [2.45, 2.75) is 20.0 Å². The van der Waals surface area contributed by atoms with Crippen LogP contribution in [-0.2, 0) is 9.53 Å². The fraction of sp³-hybridized carbons (Fsp3) is 0.138. The number of benzene rings is 2. The second-order valence-corrected chi connectivity index (χ2v) is 8.30. The van der Waals surface area contributed by atoms with Crippen molar-refractivity contribution < 1.29 is 24.5 Å². The maximum atomic E-state index is 13.2. The summed E-state index contributed by atoms with van der Waals surface area (Å²) in [4.78, 5) is 47.2. The predicted molar refractivity (Wildman–Crippen MR) is 147 cm³/mol. The molecule has 0 bridgehead atoms. The van der Waals surface area contributed by atoms with Crippen LogP contribution in [0.2, 0.25) is 0 Å². The number of hydrogen-bond acceptors (Lipinski definition) is 7. The summed E-state index contributed by atoms with van der Waals surface area (Å²) in [6.45, 7) is 3.36. The van der Waals surface area contributed by atoms with Crippen LogP contribution in [0, 0.1) is 0 Å². The number of carbonyl (C=O) groups is 2. The van der Waals surface area contributed by atoms with Crippen molar-refractivity contribution in [2.24, 2.45) is 4.99 Å². The van der Waals surface area contributed by atoms with Gasteiger partial charge in [0.2, 0.25) is 11.8 Å². The number of aliphatic hydroxyl groups excluding tert-OH is 1. The number of nitrogens with zero attached hydrogens (tertiary/aromatic N) is 4. The number of aliphatic hydroxyl groups is 1. The van der Waals surface area contributed by atoms with Crippen LogP contribution in [0.4, 0.5) is 10.5 Å². The summed E-state index contributed by atoms with van der Waals surface area (Å²) in [6.07, 6.45) is 6.48. The summed E-state index contributed by atoms with van der Waals surface area (Å²) >= 11 is 0. The van der Waals surface area contributed by atoms with Crippen LogP contribution in [0.1, 0.15) is 31.2 Å². The molecule has 1 aliphatic heterocycles. The third-order valence-corrected chi connectivity index (χ3v) is 5.64. The van der Waals surface area contributed by atoms with Gasteiger partial charge >= 0.3 is 11.7 Å². The minimum absolute atomic E-state index is 0.0120. The fourth-order valence-electron chi connectivity index (χ4n) is 3.88. The quantitative estimate of drug-likeness (QED) is 0.350. The van der Waals surface area contributed by atoms with E-state index in [1.54, 1.807) is 79.7 Å². The van der Waals surface area contributed by atoms with Gasteiger partial charge in [-0.05, 0) is 50.3 Å². The number of amides is 3. The highest BCUT2D eigenvalue weighted by Crippen LogP contribution is 2.27. The fourth-order valence-corrected chi connectivity index (χ4v) is 3.88. The van der Waals surface area contributed by atoms with Crippen molar-refractivity contribution in [3.63, 3.8) is 0 Å². The molecule has 0 radical (unpaired) electrons. The number of allylic oxidation sites excluding steroid dienone is 4. The molecular weight excluding hydrogens is 500 g/mol. The highest BCUT2D eigenvalue weighted by molar-refractivity contribution is 6.36. The first-order chi connectivity index (χ1) is 18.8. The Kier molecular flexibility index (Phi) is 8.27. The Morgan fingerprint density at radius 2 is 1.59 bits per heavy atom. The molecule has 1 atom stereocenters. The Bertz CT molecular complexity index is 1550. The summed E-state index contributed by atoms with van der Waals surface area (Å²) < 4.78 is 6.47. The van der Waals surface area contributed by atoms with Crippen LogP contribution in [-0.4, -0.2) is 44.2 Å². The molecule has 3 amide bonds. The van der Waals surface area contributed by atoms with Crippen LogP contribution >= 0.6 is 0 Å². The minimum Gasteiger partial charge on any atom is -0.494 e. The van der Waals surface area contributed by atoms with E-state index in [1.165, 1.54) is 25.2 Å². The van der Waals surface area contributed by atoms with Crippen LogP contribution in [0.5, 0.6) is 5.88 Å². The van der Waals surface area contributed by atoms with Gasteiger partial charge < -0.3 is 14.9 Å². The largest absolute Gasteiger partial charge is 0.494 e. The van der Waals surface area contributed by atoms with Crippen molar-refractivity contribution >= 4 is 29.6 Å². The van der Waals surface area contributed by atoms with E-state index in [-0.39, 0.29) is 35.2 Å². The first-order valence-electron chi connectivity index (χ1n) is 12.1. The molecule has 2 N–H and O–H groups in total. The summed E-state index contributed by atoms with van der Waals surface area (Å²) in [7, 11) is 0. The number of aliphatic imine (C=N–C) groups is 1. The third kappa shape index (κ3) is 5.76. The van der Waals surface area contributed by atoms with E-state index in [4.69, 9.17) is 4.74 Å². The van der Waals surface area contributed by atoms with Crippen molar-refractivity contribution in [2.75, 3.05) is 11.5 Å². The van der Waals surface area contributed by atoms with Gasteiger partial charge in [0.05, 0.1) is 35.3 Å². The van der Waals surface area contributed by atoms with Gasteiger partial charge in [0, 0.05) is 0 Å². The van der Waals surface area contributed by atoms with Crippen molar-refractivity contribution in [1.29, 1.82) is 0 Å². The first kappa shape index (κ1) is 27.0. The van der Waals surface area contributed by atoms with Gasteiger partial charge in [-0.3, -0.25) is 4.79 Å². The van der Waals surface area contributed by atoms with E-state index >= 15 is 0 Å². The zero-order valence-electron chi connectivity index (χ0n) is 21.3. The van der Waals surface area contributed by atoms with Crippen LogP contribution in [0.25, 0.3) is 11.8 Å². The minimum atomic E-state index is -1.12. The summed E-state index contributed by atoms with van der Waals surface area (Å²) in [6, 6.07) is 16.2. The molecule has 0 saturated heterocycles. The maximum absolute atomic E-state index is 13.2. The molecule has 1 aromatic heterocycles. The van der Waals surface area contributed by atoms with Gasteiger partial charge in [0.25, 0.3) is 5.91 Å². The Morgan fingerprint density at radius 3 is 2.21 bits per heavy atom. The van der Waals surface area contributed by atoms with E-state index in [0.29, 0.717) is 11.4 Å². The monoisotopic (exact) mass is 526 g/mol. The molecule has 1 unspecified atom stereocenters. The lowest BCUT2D eigenvalue weighted by molar-refractivity contribution is -0.114. The smallest absolute Gasteiger partial charge is 0.358 e. The molecule has 4 rings (SSSR count). The Labute approximate surface area is 224 Å². The summed E-state index contributed by atoms with van der Waals surface area (Å²) in [5.74, 6) is -1.06. The lowest BCUT2D eigenvalue weighted by atomic mass is 10.1. The highest BCUT2D eigenvalue weighted by Gasteiger charge is 2.34. The third-order valence-electron chi connectivity index (χ3n) is 5.64. The standard InChI is InChI=1S/C29H26N4O6/c1-3-39-25-23(27(36)33(29(38)31-25)21-15-9-5-10-16-21)18-12-6-11-17-22-24(19(2)34)30-28(37)32(26(22)35)20-13-7-4-8-14-20/h4-19,34-35H,3H2,1-2H3. The topological polar surface area (TPSA) is 134 Å². The van der Waals surface area contributed by atoms with E-state index in [0.717, 1.165) is 9.47 Å². The molecular formula is C29H26N4O6. The lowest BCUT2D eigenvalue weighted by Crippen LogP contribution is -2.43. The number of aromatic nitrogens is 2. The van der Waals surface area contributed by atoms with E-state index in [9.17, 15) is 24.6 Å². The molecule has 2 aromatic carbocycles. The number of imide groups is 1. The Balaban J connectivity index is 1.67. The molecule has 2 heterocycles. The number of rotatable bonds is 7. The molecule has 0 spiro atoms. The van der Waals surface area contributed by atoms with Gasteiger partial charge in [0.1, 0.15) is 5.57 Å². The molecule has 3 aromatic rings. The number of hydrogen-bond donors (Lipinski definition) is 2. The highest BCUT2D eigenvalue weighted by atomic mass is 16.5. The van der Waals surface area contributed by atoms with Gasteiger partial charge in [0.15, 0.2) is 0 Å². The molecule has 10 nitrogen and oxygen atoms in total. The SMILES string of the molecule is CCOC1=NC(=O)N(c2ccccc2)C(=O)C1=CC=CC=Cc1c(C(C)O)nc(=O)n(-c2ccccc2)c1O. The number of carbonyl (C=O) groups excluding carboxylic acids is 2. The molecule has 0 fully saturated rings. The molecule has 1 aliphatic rings. The molecule has 10 heteroatoms. The molecule has 0 aliphatic carbocycles. The predicted octanol–water partition coefficient (Wildman–Crippen LogP) is 4.09. The normalized spacial score (nSPS) is 15.8. The van der Waals surface area contributed by atoms with E-state index < -0.39 is 23.7 Å². The summed E-state index contributed by atoms with van der Waals surface area (Å²) in [5, 5.41) is 21.1. The van der Waals surface area contributed by atoms with Gasteiger partial charge in [-0.1, -0.05) is 54.6 Å². The van der Waals surface area contributed by atoms with Gasteiger partial charge in [-0.25, -0.2) is 19.1 Å². The van der Waals surface area contributed by atoms with Crippen molar-refractivity contribution in [3.8, 4) is 11.6 Å². The number of anilines is 1. The first-order valence-corrected chi connectivity index (χ1v) is 12.1. The molecule has 198 valence electrons. The van der Waals surface area contributed by atoms with E-state index in [2.05, 4.69) is 9.98 Å². The number of para-hydroxylation sites is 2. The van der Waals surface area contributed by atoms with E-state index in [1.807, 2.05) is 0 Å². The van der Waals surface area contributed by atoms with Gasteiger partial charge in [-0.15, -0.1) is 0 Å². The van der Waals surface area contributed by atoms with Crippen LogP contribution in [0.15, 0.2) is 100 Å². The van der Waals surface area contributed by atoms with Crippen molar-refractivity contribution in [3.05, 3.63) is 112 Å². The van der Waals surface area contributed by atoms with Gasteiger partial charge in [-0.2, -0.15) is 9.98 Å². The van der Waals surface area contributed by atoms with Crippen LogP contribution < -0.4 is 10.6 Å². The number of aromatic hydroxyl groups is 1. The average molecular weight is 527 g/mol.